The minimum absolute atomic E-state index is 0.221. The van der Waals surface area contributed by atoms with Crippen LogP contribution in [-0.2, 0) is 0 Å². The first-order valence-electron chi connectivity index (χ1n) is 6.52. The number of ether oxygens (including phenoxy) is 1. The lowest BCUT2D eigenvalue weighted by Gasteiger charge is -2.14. The number of anilines is 1. The summed E-state index contributed by atoms with van der Waals surface area (Å²) in [6, 6.07) is 1.82. The van der Waals surface area contributed by atoms with E-state index in [1.807, 2.05) is 19.9 Å². The number of hydrogen-bond acceptors (Lipinski definition) is 5. The average Bonchev–Trinajstić information content (AvgIpc) is 2.34. The van der Waals surface area contributed by atoms with E-state index in [4.69, 9.17) is 9.84 Å². The van der Waals surface area contributed by atoms with E-state index in [1.54, 1.807) is 0 Å². The van der Waals surface area contributed by atoms with E-state index >= 15 is 0 Å². The van der Waals surface area contributed by atoms with Gasteiger partial charge < -0.3 is 15.2 Å². The molecule has 1 atom stereocenters. The molecule has 0 saturated heterocycles. The van der Waals surface area contributed by atoms with Crippen LogP contribution < -0.4 is 10.1 Å². The summed E-state index contributed by atoms with van der Waals surface area (Å²) in [5.41, 5.74) is 0.881. The zero-order valence-electron chi connectivity index (χ0n) is 11.4. The fraction of sp³-hybridized carbons (Fsp3) is 0.692. The van der Waals surface area contributed by atoms with Gasteiger partial charge in [0.1, 0.15) is 0 Å². The first kappa shape index (κ1) is 14.7. The van der Waals surface area contributed by atoms with Crippen LogP contribution >= 0.6 is 0 Å². The number of nitrogens with zero attached hydrogens (tertiary/aromatic N) is 2. The summed E-state index contributed by atoms with van der Waals surface area (Å²) in [5.74, 6) is 1.63. The van der Waals surface area contributed by atoms with Crippen LogP contribution in [0.25, 0.3) is 0 Å². The first-order chi connectivity index (χ1) is 8.69. The minimum atomic E-state index is 0.221. The van der Waals surface area contributed by atoms with Gasteiger partial charge in [-0.25, -0.2) is 4.98 Å². The van der Waals surface area contributed by atoms with Crippen LogP contribution in [0, 0.1) is 12.8 Å². The van der Waals surface area contributed by atoms with E-state index in [0.29, 0.717) is 24.4 Å². The Morgan fingerprint density at radius 2 is 2.17 bits per heavy atom. The molecular formula is C13H23N3O2. The van der Waals surface area contributed by atoms with Crippen LogP contribution in [0.2, 0.25) is 0 Å². The molecule has 1 aromatic rings. The predicted octanol–water partition coefficient (Wildman–Crippen LogP) is 2.00. The predicted molar refractivity (Wildman–Crippen MR) is 71.9 cm³/mol. The van der Waals surface area contributed by atoms with Crippen LogP contribution in [0.5, 0.6) is 5.88 Å². The molecule has 1 aromatic heterocycles. The van der Waals surface area contributed by atoms with Crippen molar-refractivity contribution in [2.24, 2.45) is 5.92 Å². The molecule has 0 radical (unpaired) electrons. The van der Waals surface area contributed by atoms with Crippen LogP contribution in [0.15, 0.2) is 6.07 Å². The molecule has 0 aliphatic rings. The Hall–Kier alpha value is -1.36. The molecule has 5 nitrogen and oxygen atoms in total. The Balaban J connectivity index is 2.60. The van der Waals surface area contributed by atoms with E-state index < -0.39 is 0 Å². The maximum absolute atomic E-state index is 8.94. The highest BCUT2D eigenvalue weighted by Crippen LogP contribution is 2.13. The van der Waals surface area contributed by atoms with Crippen molar-refractivity contribution >= 4 is 5.95 Å². The van der Waals surface area contributed by atoms with E-state index in [9.17, 15) is 0 Å². The molecule has 0 aliphatic heterocycles. The average molecular weight is 253 g/mol. The number of aryl methyl sites for hydroxylation is 1. The van der Waals surface area contributed by atoms with Gasteiger partial charge in [0, 0.05) is 24.9 Å². The fourth-order valence-corrected chi connectivity index (χ4v) is 1.71. The van der Waals surface area contributed by atoms with Crippen molar-refractivity contribution < 1.29 is 9.84 Å². The zero-order chi connectivity index (χ0) is 13.4. The van der Waals surface area contributed by atoms with Crippen molar-refractivity contribution in [2.45, 2.75) is 33.6 Å². The van der Waals surface area contributed by atoms with E-state index in [0.717, 1.165) is 25.1 Å². The molecule has 102 valence electrons. The quantitative estimate of drug-likeness (QED) is 0.741. The van der Waals surface area contributed by atoms with Gasteiger partial charge in [0.15, 0.2) is 0 Å². The van der Waals surface area contributed by atoms with Gasteiger partial charge in [0.2, 0.25) is 11.8 Å². The molecule has 0 aliphatic carbocycles. The van der Waals surface area contributed by atoms with Gasteiger partial charge in [-0.15, -0.1) is 0 Å². The molecule has 0 bridgehead atoms. The van der Waals surface area contributed by atoms with Crippen LogP contribution in [0.4, 0.5) is 5.95 Å². The van der Waals surface area contributed by atoms with Gasteiger partial charge in [-0.2, -0.15) is 4.98 Å². The third-order valence-corrected chi connectivity index (χ3v) is 2.79. The minimum Gasteiger partial charge on any atom is -0.478 e. The molecule has 0 saturated carbocycles. The molecule has 0 amide bonds. The molecule has 0 aromatic carbocycles. The van der Waals surface area contributed by atoms with E-state index in [2.05, 4.69) is 22.2 Å². The largest absolute Gasteiger partial charge is 0.478 e. The Kier molecular flexibility index (Phi) is 6.43. The first-order valence-corrected chi connectivity index (χ1v) is 6.52. The topological polar surface area (TPSA) is 67.3 Å². The van der Waals surface area contributed by atoms with E-state index in [1.165, 1.54) is 0 Å². The summed E-state index contributed by atoms with van der Waals surface area (Å²) < 4.78 is 5.38. The van der Waals surface area contributed by atoms with Crippen molar-refractivity contribution in [3.63, 3.8) is 0 Å². The van der Waals surface area contributed by atoms with Gasteiger partial charge in [-0.05, 0) is 26.2 Å². The lowest BCUT2D eigenvalue weighted by molar-refractivity contribution is 0.258. The molecule has 1 heterocycles. The fourth-order valence-electron chi connectivity index (χ4n) is 1.71. The Labute approximate surface area is 109 Å². The monoisotopic (exact) mass is 253 g/mol. The number of aromatic nitrogens is 2. The Bertz CT molecular complexity index is 358. The summed E-state index contributed by atoms with van der Waals surface area (Å²) in [6.45, 7) is 7.55. The lowest BCUT2D eigenvalue weighted by Crippen LogP contribution is -2.16. The van der Waals surface area contributed by atoms with Crippen LogP contribution in [0.1, 0.15) is 32.4 Å². The zero-order valence-corrected chi connectivity index (χ0v) is 11.4. The summed E-state index contributed by atoms with van der Waals surface area (Å²) in [5, 5.41) is 12.2. The smallest absolute Gasteiger partial charge is 0.226 e. The van der Waals surface area contributed by atoms with Gasteiger partial charge >= 0.3 is 0 Å². The normalized spacial score (nSPS) is 12.2. The third-order valence-electron chi connectivity index (χ3n) is 2.79. The SMILES string of the molecule is CCOc1cc(C)nc(NCC(CC)CCO)n1. The second-order valence-corrected chi connectivity index (χ2v) is 4.27. The highest BCUT2D eigenvalue weighted by atomic mass is 16.5. The molecule has 1 rings (SSSR count). The lowest BCUT2D eigenvalue weighted by atomic mass is 10.0. The maximum Gasteiger partial charge on any atom is 0.226 e. The van der Waals surface area contributed by atoms with Gasteiger partial charge in [-0.1, -0.05) is 13.3 Å². The number of aliphatic hydroxyl groups excluding tert-OH is 1. The number of hydrogen-bond donors (Lipinski definition) is 2. The number of rotatable bonds is 8. The Morgan fingerprint density at radius 1 is 1.39 bits per heavy atom. The van der Waals surface area contributed by atoms with Crippen molar-refractivity contribution in [3.8, 4) is 5.88 Å². The summed E-state index contributed by atoms with van der Waals surface area (Å²) in [6.07, 6.45) is 1.82. The summed E-state index contributed by atoms with van der Waals surface area (Å²) in [4.78, 5) is 8.60. The molecular weight excluding hydrogens is 230 g/mol. The van der Waals surface area contributed by atoms with Crippen molar-refractivity contribution in [1.82, 2.24) is 9.97 Å². The number of aliphatic hydroxyl groups is 1. The van der Waals surface area contributed by atoms with Crippen molar-refractivity contribution in [1.29, 1.82) is 0 Å². The highest BCUT2D eigenvalue weighted by Gasteiger charge is 2.07. The van der Waals surface area contributed by atoms with Crippen molar-refractivity contribution in [3.05, 3.63) is 11.8 Å². The molecule has 18 heavy (non-hydrogen) atoms. The molecule has 0 spiro atoms. The van der Waals surface area contributed by atoms with Gasteiger partial charge in [0.25, 0.3) is 0 Å². The van der Waals surface area contributed by atoms with Crippen molar-refractivity contribution in [2.75, 3.05) is 25.1 Å². The molecule has 5 heteroatoms. The third kappa shape index (κ3) is 4.87. The second kappa shape index (κ2) is 7.87. The second-order valence-electron chi connectivity index (χ2n) is 4.27. The van der Waals surface area contributed by atoms with Crippen LogP contribution in [-0.4, -0.2) is 34.8 Å². The highest BCUT2D eigenvalue weighted by molar-refractivity contribution is 5.30. The molecule has 0 fully saturated rings. The maximum atomic E-state index is 8.94. The summed E-state index contributed by atoms with van der Waals surface area (Å²) in [7, 11) is 0. The number of nitrogens with one attached hydrogen (secondary N) is 1. The van der Waals surface area contributed by atoms with Crippen LogP contribution in [0.3, 0.4) is 0 Å². The van der Waals surface area contributed by atoms with E-state index in [-0.39, 0.29) is 6.61 Å². The Morgan fingerprint density at radius 3 is 2.78 bits per heavy atom. The standard InChI is InChI=1S/C13H23N3O2/c1-4-11(6-7-17)9-14-13-15-10(3)8-12(16-13)18-5-2/h8,11,17H,4-7,9H2,1-3H3,(H,14,15,16). The molecule has 2 N–H and O–H groups in total. The van der Waals surface area contributed by atoms with Gasteiger partial charge in [0.05, 0.1) is 6.61 Å². The molecule has 1 unspecified atom stereocenters. The van der Waals surface area contributed by atoms with Gasteiger partial charge in [-0.3, -0.25) is 0 Å². The summed E-state index contributed by atoms with van der Waals surface area (Å²) >= 11 is 0.